The van der Waals surface area contributed by atoms with Gasteiger partial charge in [0.05, 0.1) is 26.5 Å². The van der Waals surface area contributed by atoms with Crippen LogP contribution in [0.2, 0.25) is 5.02 Å². The van der Waals surface area contributed by atoms with Crippen LogP contribution in [0.3, 0.4) is 0 Å². The number of rotatable bonds is 5. The summed E-state index contributed by atoms with van der Waals surface area (Å²) >= 11 is 6.30. The summed E-state index contributed by atoms with van der Waals surface area (Å²) < 4.78 is 12.4. The van der Waals surface area contributed by atoms with Crippen molar-refractivity contribution in [2.75, 3.05) is 20.0 Å². The molecule has 24 heavy (non-hydrogen) atoms. The first-order chi connectivity index (χ1) is 11.6. The summed E-state index contributed by atoms with van der Waals surface area (Å²) in [6.45, 7) is 0.484. The molecule has 3 rings (SSSR count). The van der Waals surface area contributed by atoms with Gasteiger partial charge in [0.25, 0.3) is 0 Å². The van der Waals surface area contributed by atoms with Gasteiger partial charge in [-0.3, -0.25) is 0 Å². The number of nitrogens with zero attached hydrogens (tertiary/aromatic N) is 2. The zero-order valence-electron chi connectivity index (χ0n) is 13.5. The normalized spacial score (nSPS) is 10.6. The van der Waals surface area contributed by atoms with Crippen LogP contribution in [0.4, 0.5) is 5.95 Å². The van der Waals surface area contributed by atoms with Gasteiger partial charge in [-0.05, 0) is 36.4 Å². The smallest absolute Gasteiger partial charge is 0.201 e. The average Bonchev–Trinajstić information content (AvgIpc) is 2.97. The van der Waals surface area contributed by atoms with Crippen molar-refractivity contribution in [3.63, 3.8) is 0 Å². The monoisotopic (exact) mass is 343 g/mol. The predicted molar refractivity (Wildman–Crippen MR) is 95.7 cm³/mol. The molecule has 1 aromatic heterocycles. The summed E-state index contributed by atoms with van der Waals surface area (Å²) in [5.74, 6) is 1.94. The van der Waals surface area contributed by atoms with Crippen molar-refractivity contribution in [3.05, 3.63) is 59.2 Å². The lowest BCUT2D eigenvalue weighted by Gasteiger charge is -2.11. The summed E-state index contributed by atoms with van der Waals surface area (Å²) in [4.78, 5) is 4.43. The molecule has 0 bridgehead atoms. The van der Waals surface area contributed by atoms with E-state index in [1.54, 1.807) is 14.2 Å². The molecule has 0 amide bonds. The van der Waals surface area contributed by atoms with Crippen LogP contribution >= 0.6 is 11.6 Å². The number of methoxy groups -OCH3 is 2. The molecule has 0 aliphatic carbocycles. The van der Waals surface area contributed by atoms with E-state index in [1.807, 2.05) is 53.2 Å². The van der Waals surface area contributed by atoms with Crippen LogP contribution in [0.5, 0.6) is 11.5 Å². The maximum absolute atomic E-state index is 6.30. The van der Waals surface area contributed by atoms with Gasteiger partial charge in [0.2, 0.25) is 5.95 Å². The lowest BCUT2D eigenvalue weighted by atomic mass is 10.1. The zero-order chi connectivity index (χ0) is 17.1. The van der Waals surface area contributed by atoms with E-state index in [2.05, 4.69) is 4.98 Å². The minimum atomic E-state index is 0.419. The number of hydrogen-bond donors (Lipinski definition) is 1. The van der Waals surface area contributed by atoms with Gasteiger partial charge in [0.1, 0.15) is 11.5 Å². The van der Waals surface area contributed by atoms with Gasteiger partial charge in [-0.15, -0.1) is 0 Å². The maximum Gasteiger partial charge on any atom is 0.201 e. The molecule has 124 valence electrons. The molecule has 6 heteroatoms. The first kappa shape index (κ1) is 16.2. The standard InChI is InChI=1S/C18H18ClN3O2/c1-23-13-8-6-12(7-9-13)16-11-22(18(20)21-16)10-14-15(19)4-3-5-17(14)24-2/h3-9,11H,10H2,1-2H3,(H2,20,21). The maximum atomic E-state index is 6.30. The highest BCUT2D eigenvalue weighted by Gasteiger charge is 2.12. The highest BCUT2D eigenvalue weighted by molar-refractivity contribution is 6.31. The van der Waals surface area contributed by atoms with E-state index in [-0.39, 0.29) is 0 Å². The van der Waals surface area contributed by atoms with Crippen LogP contribution in [0, 0.1) is 0 Å². The molecule has 2 aromatic carbocycles. The molecule has 0 atom stereocenters. The van der Waals surface area contributed by atoms with Gasteiger partial charge in [-0.2, -0.15) is 0 Å². The van der Waals surface area contributed by atoms with Crippen LogP contribution in [-0.2, 0) is 6.54 Å². The summed E-state index contributed by atoms with van der Waals surface area (Å²) in [7, 11) is 3.26. The minimum absolute atomic E-state index is 0.419. The van der Waals surface area contributed by atoms with Crippen molar-refractivity contribution in [1.29, 1.82) is 0 Å². The summed E-state index contributed by atoms with van der Waals surface area (Å²) in [6.07, 6.45) is 1.90. The topological polar surface area (TPSA) is 62.3 Å². The van der Waals surface area contributed by atoms with E-state index < -0.39 is 0 Å². The van der Waals surface area contributed by atoms with Crippen molar-refractivity contribution < 1.29 is 9.47 Å². The van der Waals surface area contributed by atoms with Crippen molar-refractivity contribution in [1.82, 2.24) is 9.55 Å². The van der Waals surface area contributed by atoms with Gasteiger partial charge in [-0.25, -0.2) is 4.98 Å². The number of aromatic nitrogens is 2. The number of imidazole rings is 1. The second kappa shape index (κ2) is 6.84. The molecule has 0 saturated heterocycles. The van der Waals surface area contributed by atoms with Crippen molar-refractivity contribution in [3.8, 4) is 22.8 Å². The molecular weight excluding hydrogens is 326 g/mol. The molecule has 0 aliphatic heterocycles. The number of hydrogen-bond acceptors (Lipinski definition) is 4. The molecule has 0 spiro atoms. The highest BCUT2D eigenvalue weighted by Crippen LogP contribution is 2.29. The average molecular weight is 344 g/mol. The van der Waals surface area contributed by atoms with E-state index in [1.165, 1.54) is 0 Å². The zero-order valence-corrected chi connectivity index (χ0v) is 14.2. The van der Waals surface area contributed by atoms with Gasteiger partial charge in [-0.1, -0.05) is 17.7 Å². The molecule has 0 aliphatic rings. The number of nitrogens with two attached hydrogens (primary N) is 1. The van der Waals surface area contributed by atoms with Crippen molar-refractivity contribution in [2.45, 2.75) is 6.54 Å². The van der Waals surface area contributed by atoms with Crippen molar-refractivity contribution in [2.24, 2.45) is 0 Å². The Kier molecular flexibility index (Phi) is 4.62. The third-order valence-corrected chi connectivity index (χ3v) is 4.17. The fraction of sp³-hybridized carbons (Fsp3) is 0.167. The molecular formula is C18H18ClN3O2. The van der Waals surface area contributed by atoms with Crippen LogP contribution < -0.4 is 15.2 Å². The van der Waals surface area contributed by atoms with Crippen molar-refractivity contribution >= 4 is 17.5 Å². The number of anilines is 1. The second-order valence-corrected chi connectivity index (χ2v) is 5.67. The SMILES string of the molecule is COc1ccc(-c2cn(Cc3c(Cl)cccc3OC)c(N)n2)cc1. The molecule has 5 nitrogen and oxygen atoms in total. The lowest BCUT2D eigenvalue weighted by Crippen LogP contribution is -2.05. The number of ether oxygens (including phenoxy) is 2. The summed E-state index contributed by atoms with van der Waals surface area (Å²) in [5.41, 5.74) is 8.69. The second-order valence-electron chi connectivity index (χ2n) is 5.26. The summed E-state index contributed by atoms with van der Waals surface area (Å²) in [6, 6.07) is 13.2. The Hall–Kier alpha value is -2.66. The Morgan fingerprint density at radius 3 is 2.50 bits per heavy atom. The van der Waals surface area contributed by atoms with Crippen LogP contribution in [0.25, 0.3) is 11.3 Å². The molecule has 0 fully saturated rings. The van der Waals surface area contributed by atoms with Crippen LogP contribution in [0.1, 0.15) is 5.56 Å². The fourth-order valence-corrected chi connectivity index (χ4v) is 2.74. The largest absolute Gasteiger partial charge is 0.497 e. The van der Waals surface area contributed by atoms with Gasteiger partial charge in [0, 0.05) is 22.3 Å². The predicted octanol–water partition coefficient (Wildman–Crippen LogP) is 3.85. The van der Waals surface area contributed by atoms with E-state index in [9.17, 15) is 0 Å². The Balaban J connectivity index is 1.92. The van der Waals surface area contributed by atoms with E-state index in [4.69, 9.17) is 26.8 Å². The quantitative estimate of drug-likeness (QED) is 0.764. The minimum Gasteiger partial charge on any atom is -0.497 e. The molecule has 2 N–H and O–H groups in total. The Bertz CT molecular complexity index is 844. The number of nitrogen functional groups attached to an aromatic ring is 1. The molecule has 0 saturated carbocycles. The number of halogens is 1. The van der Waals surface area contributed by atoms with E-state index in [0.717, 1.165) is 28.3 Å². The molecule has 3 aromatic rings. The lowest BCUT2D eigenvalue weighted by molar-refractivity contribution is 0.408. The third kappa shape index (κ3) is 3.16. The van der Waals surface area contributed by atoms with Gasteiger partial charge >= 0.3 is 0 Å². The van der Waals surface area contributed by atoms with E-state index in [0.29, 0.717) is 17.5 Å². The first-order valence-corrected chi connectivity index (χ1v) is 7.78. The summed E-state index contributed by atoms with van der Waals surface area (Å²) in [5, 5.41) is 0.633. The van der Waals surface area contributed by atoms with Gasteiger partial charge in [0.15, 0.2) is 0 Å². The number of benzene rings is 2. The third-order valence-electron chi connectivity index (χ3n) is 3.82. The Morgan fingerprint density at radius 2 is 1.83 bits per heavy atom. The fourth-order valence-electron chi connectivity index (χ4n) is 2.51. The van der Waals surface area contributed by atoms with Gasteiger partial charge < -0.3 is 19.8 Å². The highest BCUT2D eigenvalue weighted by atomic mass is 35.5. The van der Waals surface area contributed by atoms with Crippen LogP contribution in [-0.4, -0.2) is 23.8 Å². The molecule has 0 radical (unpaired) electrons. The molecule has 1 heterocycles. The Labute approximate surface area is 145 Å². The van der Waals surface area contributed by atoms with E-state index >= 15 is 0 Å². The Morgan fingerprint density at radius 1 is 1.08 bits per heavy atom. The molecule has 0 unspecified atom stereocenters. The first-order valence-electron chi connectivity index (χ1n) is 7.41. The van der Waals surface area contributed by atoms with Crippen LogP contribution in [0.15, 0.2) is 48.7 Å².